The summed E-state index contributed by atoms with van der Waals surface area (Å²) in [5.74, 6) is 0.629. The number of rotatable bonds is 2. The molecule has 0 aliphatic rings. The first kappa shape index (κ1) is 9.78. The van der Waals surface area contributed by atoms with Crippen molar-refractivity contribution in [3.8, 4) is 0 Å². The second-order valence-corrected chi connectivity index (χ2v) is 4.27. The van der Waals surface area contributed by atoms with Gasteiger partial charge in [0.2, 0.25) is 0 Å². The Hall–Kier alpha value is -0.760. The maximum absolute atomic E-state index is 4.18. The van der Waals surface area contributed by atoms with Gasteiger partial charge >= 0.3 is 0 Å². The smallest absolute Gasteiger partial charge is 0.196 e. The number of tetrazole rings is 1. The van der Waals surface area contributed by atoms with E-state index in [2.05, 4.69) is 52.4 Å². The third-order valence-electron chi connectivity index (χ3n) is 1.54. The minimum Gasteiger partial charge on any atom is -0.250 e. The van der Waals surface area contributed by atoms with Crippen molar-refractivity contribution in [1.29, 1.82) is 0 Å². The maximum atomic E-state index is 4.18. The summed E-state index contributed by atoms with van der Waals surface area (Å²) in [6, 6.07) is 1.86. The van der Waals surface area contributed by atoms with Crippen molar-refractivity contribution in [3.05, 3.63) is 21.1 Å². The van der Waals surface area contributed by atoms with E-state index in [0.29, 0.717) is 12.4 Å². The van der Waals surface area contributed by atoms with Crippen LogP contribution in [0.5, 0.6) is 0 Å². The van der Waals surface area contributed by atoms with Gasteiger partial charge in [0.15, 0.2) is 5.82 Å². The SMILES string of the molecule is Cn1nnc(Cn2nc(Br)cc2Br)n1. The molecule has 0 saturated heterocycles. The van der Waals surface area contributed by atoms with Gasteiger partial charge < -0.3 is 0 Å². The van der Waals surface area contributed by atoms with Gasteiger partial charge in [-0.2, -0.15) is 9.90 Å². The van der Waals surface area contributed by atoms with Crippen molar-refractivity contribution in [3.63, 3.8) is 0 Å². The normalized spacial score (nSPS) is 10.8. The highest BCUT2D eigenvalue weighted by Crippen LogP contribution is 2.16. The van der Waals surface area contributed by atoms with Crippen LogP contribution in [-0.4, -0.2) is 30.0 Å². The van der Waals surface area contributed by atoms with E-state index in [-0.39, 0.29) is 0 Å². The topological polar surface area (TPSA) is 61.4 Å². The minimum atomic E-state index is 0.500. The molecule has 0 N–H and O–H groups in total. The second kappa shape index (κ2) is 3.77. The van der Waals surface area contributed by atoms with Crippen molar-refractivity contribution in [2.24, 2.45) is 7.05 Å². The lowest BCUT2D eigenvalue weighted by molar-refractivity contribution is 0.612. The van der Waals surface area contributed by atoms with Crippen LogP contribution in [0.3, 0.4) is 0 Å². The number of aryl methyl sites for hydroxylation is 1. The fraction of sp³-hybridized carbons (Fsp3) is 0.333. The number of hydrogen-bond acceptors (Lipinski definition) is 4. The number of nitrogens with zero attached hydrogens (tertiary/aromatic N) is 6. The van der Waals surface area contributed by atoms with Gasteiger partial charge in [0.05, 0.1) is 7.05 Å². The van der Waals surface area contributed by atoms with Crippen LogP contribution in [-0.2, 0) is 13.6 Å². The van der Waals surface area contributed by atoms with Gasteiger partial charge in [-0.3, -0.25) is 0 Å². The van der Waals surface area contributed by atoms with Crippen molar-refractivity contribution < 1.29 is 0 Å². The summed E-state index contributed by atoms with van der Waals surface area (Å²) >= 11 is 6.65. The highest BCUT2D eigenvalue weighted by Gasteiger charge is 2.07. The number of aromatic nitrogens is 6. The van der Waals surface area contributed by atoms with E-state index in [0.717, 1.165) is 9.21 Å². The van der Waals surface area contributed by atoms with Crippen LogP contribution in [0, 0.1) is 0 Å². The molecular weight excluding hydrogens is 316 g/mol. The Balaban J connectivity index is 2.22. The average molecular weight is 322 g/mol. The van der Waals surface area contributed by atoms with Crippen LogP contribution >= 0.6 is 31.9 Å². The Morgan fingerprint density at radius 2 is 2.14 bits per heavy atom. The van der Waals surface area contributed by atoms with Crippen LogP contribution < -0.4 is 0 Å². The molecule has 6 nitrogen and oxygen atoms in total. The lowest BCUT2D eigenvalue weighted by atomic mass is 10.6. The van der Waals surface area contributed by atoms with Gasteiger partial charge in [-0.05, 0) is 37.1 Å². The minimum absolute atomic E-state index is 0.500. The highest BCUT2D eigenvalue weighted by molar-refractivity contribution is 9.11. The van der Waals surface area contributed by atoms with E-state index >= 15 is 0 Å². The largest absolute Gasteiger partial charge is 0.250 e. The lowest BCUT2D eigenvalue weighted by Crippen LogP contribution is -2.04. The van der Waals surface area contributed by atoms with Gasteiger partial charge in [-0.15, -0.1) is 10.2 Å². The van der Waals surface area contributed by atoms with Crippen LogP contribution in [0.2, 0.25) is 0 Å². The van der Waals surface area contributed by atoms with E-state index in [1.54, 1.807) is 11.7 Å². The molecule has 2 heterocycles. The lowest BCUT2D eigenvalue weighted by Gasteiger charge is -1.96. The number of halogens is 2. The molecule has 0 aromatic carbocycles. The molecule has 2 aromatic rings. The van der Waals surface area contributed by atoms with Crippen LogP contribution in [0.1, 0.15) is 5.82 Å². The zero-order chi connectivity index (χ0) is 10.1. The summed E-state index contributed by atoms with van der Waals surface area (Å²) in [5, 5.41) is 15.8. The van der Waals surface area contributed by atoms with E-state index in [9.17, 15) is 0 Å². The van der Waals surface area contributed by atoms with E-state index in [1.807, 2.05) is 6.07 Å². The predicted molar refractivity (Wildman–Crippen MR) is 55.5 cm³/mol. The molecule has 0 unspecified atom stereocenters. The molecule has 0 aliphatic carbocycles. The fourth-order valence-electron chi connectivity index (χ4n) is 0.996. The molecule has 2 aromatic heterocycles. The Morgan fingerprint density at radius 1 is 1.36 bits per heavy atom. The highest BCUT2D eigenvalue weighted by atomic mass is 79.9. The summed E-state index contributed by atoms with van der Waals surface area (Å²) in [5.41, 5.74) is 0. The summed E-state index contributed by atoms with van der Waals surface area (Å²) < 4.78 is 3.38. The van der Waals surface area contributed by atoms with Gasteiger partial charge in [0.1, 0.15) is 15.8 Å². The summed E-state index contributed by atoms with van der Waals surface area (Å²) in [7, 11) is 1.73. The maximum Gasteiger partial charge on any atom is 0.196 e. The molecule has 0 amide bonds. The summed E-state index contributed by atoms with van der Waals surface area (Å²) in [4.78, 5) is 1.42. The standard InChI is InChI=1S/C6H6Br2N6/c1-13-11-6(9-12-13)3-14-5(8)2-4(7)10-14/h2H,3H2,1H3. The Labute approximate surface area is 96.5 Å². The van der Waals surface area contributed by atoms with Crippen molar-refractivity contribution >= 4 is 31.9 Å². The first-order chi connectivity index (χ1) is 6.65. The van der Waals surface area contributed by atoms with Crippen LogP contribution in [0.15, 0.2) is 15.3 Å². The van der Waals surface area contributed by atoms with E-state index in [4.69, 9.17) is 0 Å². The van der Waals surface area contributed by atoms with Crippen LogP contribution in [0.25, 0.3) is 0 Å². The third-order valence-corrected chi connectivity index (χ3v) is 2.57. The van der Waals surface area contributed by atoms with E-state index in [1.165, 1.54) is 4.80 Å². The Bertz CT molecular complexity index is 447. The van der Waals surface area contributed by atoms with Crippen LogP contribution in [0.4, 0.5) is 0 Å². The Morgan fingerprint density at radius 3 is 2.64 bits per heavy atom. The number of hydrogen-bond donors (Lipinski definition) is 0. The van der Waals surface area contributed by atoms with Crippen molar-refractivity contribution in [2.45, 2.75) is 6.54 Å². The molecule has 0 bridgehead atoms. The zero-order valence-electron chi connectivity index (χ0n) is 7.22. The molecule has 0 radical (unpaired) electrons. The van der Waals surface area contributed by atoms with Gasteiger partial charge in [0, 0.05) is 6.07 Å². The molecule has 0 spiro atoms. The molecule has 0 saturated carbocycles. The predicted octanol–water partition coefficient (Wildman–Crippen LogP) is 0.980. The van der Waals surface area contributed by atoms with Crippen molar-refractivity contribution in [1.82, 2.24) is 30.0 Å². The van der Waals surface area contributed by atoms with E-state index < -0.39 is 0 Å². The second-order valence-electron chi connectivity index (χ2n) is 2.64. The zero-order valence-corrected chi connectivity index (χ0v) is 10.4. The Kier molecular flexibility index (Phi) is 2.64. The quantitative estimate of drug-likeness (QED) is 0.827. The molecule has 8 heteroatoms. The molecule has 14 heavy (non-hydrogen) atoms. The summed E-state index contributed by atoms with van der Waals surface area (Å²) in [6.07, 6.45) is 0. The van der Waals surface area contributed by atoms with Gasteiger partial charge in [-0.25, -0.2) is 4.68 Å². The molecular formula is C6H6Br2N6. The first-order valence-corrected chi connectivity index (χ1v) is 5.35. The molecule has 0 aliphatic heterocycles. The van der Waals surface area contributed by atoms with Gasteiger partial charge in [-0.1, -0.05) is 0 Å². The molecule has 0 atom stereocenters. The first-order valence-electron chi connectivity index (χ1n) is 3.77. The molecule has 74 valence electrons. The average Bonchev–Trinajstić information content (AvgIpc) is 2.61. The third kappa shape index (κ3) is 2.01. The summed E-state index contributed by atoms with van der Waals surface area (Å²) in [6.45, 7) is 0.500. The van der Waals surface area contributed by atoms with Gasteiger partial charge in [0.25, 0.3) is 0 Å². The molecule has 2 rings (SSSR count). The fourth-order valence-corrected chi connectivity index (χ4v) is 2.13. The molecule has 0 fully saturated rings. The monoisotopic (exact) mass is 320 g/mol. The van der Waals surface area contributed by atoms with Crippen molar-refractivity contribution in [2.75, 3.05) is 0 Å².